The molecule has 3 atom stereocenters. The zero-order valence-electron chi connectivity index (χ0n) is 19.8. The van der Waals surface area contributed by atoms with E-state index in [1.54, 1.807) is 6.33 Å². The van der Waals surface area contributed by atoms with Crippen molar-refractivity contribution in [2.24, 2.45) is 0 Å². The first-order chi connectivity index (χ1) is 16.6. The van der Waals surface area contributed by atoms with Crippen molar-refractivity contribution in [3.05, 3.63) is 66.6 Å². The van der Waals surface area contributed by atoms with E-state index >= 15 is 0 Å². The third-order valence-electron chi connectivity index (χ3n) is 7.17. The zero-order chi connectivity index (χ0) is 23.2. The van der Waals surface area contributed by atoms with Crippen molar-refractivity contribution in [3.8, 4) is 11.3 Å². The number of hydrogen-bond donors (Lipinski definition) is 1. The number of benzene rings is 1. The molecular formula is C26H30N8. The van der Waals surface area contributed by atoms with Gasteiger partial charge in [0.2, 0.25) is 5.95 Å². The Hall–Kier alpha value is -3.52. The summed E-state index contributed by atoms with van der Waals surface area (Å²) < 4.78 is 1.88. The van der Waals surface area contributed by atoms with Gasteiger partial charge in [0.05, 0.1) is 5.69 Å². The molecule has 0 spiro atoms. The number of hydrogen-bond acceptors (Lipinski definition) is 7. The summed E-state index contributed by atoms with van der Waals surface area (Å²) in [5.74, 6) is 1.70. The molecule has 2 saturated heterocycles. The Labute approximate surface area is 199 Å². The SMILES string of the molecule is CC(Nc1cc(-c2cc3ncnn3c(N3C[C@@H]4C[C@H]3CN4C(C)C)n2)ccn1)c1ccccc1. The van der Waals surface area contributed by atoms with Crippen molar-refractivity contribution >= 4 is 17.4 Å². The van der Waals surface area contributed by atoms with E-state index in [-0.39, 0.29) is 6.04 Å². The lowest BCUT2D eigenvalue weighted by molar-refractivity contribution is 0.190. The van der Waals surface area contributed by atoms with E-state index in [9.17, 15) is 0 Å². The van der Waals surface area contributed by atoms with Crippen LogP contribution in [0.15, 0.2) is 61.1 Å². The van der Waals surface area contributed by atoms with Crippen LogP contribution in [-0.4, -0.2) is 60.7 Å². The number of nitrogens with one attached hydrogen (secondary N) is 1. The Bertz CT molecular complexity index is 1300. The second-order valence-corrected chi connectivity index (χ2v) is 9.66. The highest BCUT2D eigenvalue weighted by Gasteiger charge is 2.45. The Morgan fingerprint density at radius 2 is 1.82 bits per heavy atom. The van der Waals surface area contributed by atoms with Gasteiger partial charge >= 0.3 is 0 Å². The number of pyridine rings is 1. The number of piperazine rings is 1. The summed E-state index contributed by atoms with van der Waals surface area (Å²) in [4.78, 5) is 19.2. The lowest BCUT2D eigenvalue weighted by Gasteiger charge is -2.36. The predicted octanol–water partition coefficient (Wildman–Crippen LogP) is 4.03. The minimum absolute atomic E-state index is 0.149. The van der Waals surface area contributed by atoms with Crippen LogP contribution in [0.1, 0.15) is 38.8 Å². The molecule has 1 unspecified atom stereocenters. The largest absolute Gasteiger partial charge is 0.364 e. The summed E-state index contributed by atoms with van der Waals surface area (Å²) in [6.45, 7) is 8.77. The Kier molecular flexibility index (Phi) is 5.17. The number of rotatable bonds is 6. The van der Waals surface area contributed by atoms with Crippen LogP contribution in [-0.2, 0) is 0 Å². The standard InChI is InChI=1S/C26H30N8/c1-17(2)32-14-22-12-21(32)15-33(22)26-31-23(13-25-28-16-29-34(25)26)20-9-10-27-24(11-20)30-18(3)19-7-5-4-6-8-19/h4-11,13,16-18,21-22H,12,14-15H2,1-3H3,(H,27,30)/t18?,21-,22-/m0/s1. The van der Waals surface area contributed by atoms with Crippen LogP contribution in [0, 0.1) is 0 Å². The molecule has 2 aliphatic rings. The predicted molar refractivity (Wildman–Crippen MR) is 134 cm³/mol. The first-order valence-corrected chi connectivity index (χ1v) is 12.1. The fourth-order valence-corrected chi connectivity index (χ4v) is 5.44. The second-order valence-electron chi connectivity index (χ2n) is 9.66. The van der Waals surface area contributed by atoms with Gasteiger partial charge in [0.1, 0.15) is 12.1 Å². The summed E-state index contributed by atoms with van der Waals surface area (Å²) in [5.41, 5.74) is 3.93. The van der Waals surface area contributed by atoms with Crippen molar-refractivity contribution in [2.75, 3.05) is 23.3 Å². The summed E-state index contributed by atoms with van der Waals surface area (Å²) >= 11 is 0. The van der Waals surface area contributed by atoms with Gasteiger partial charge in [0.15, 0.2) is 5.65 Å². The normalized spacial score (nSPS) is 21.0. The van der Waals surface area contributed by atoms with Crippen LogP contribution in [0.5, 0.6) is 0 Å². The minimum atomic E-state index is 0.149. The van der Waals surface area contributed by atoms with Gasteiger partial charge in [-0.3, -0.25) is 4.90 Å². The van der Waals surface area contributed by atoms with E-state index < -0.39 is 0 Å². The molecule has 8 nitrogen and oxygen atoms in total. The molecule has 5 heterocycles. The second kappa shape index (κ2) is 8.36. The maximum Gasteiger partial charge on any atom is 0.229 e. The Balaban J connectivity index is 1.31. The van der Waals surface area contributed by atoms with Crippen molar-refractivity contribution in [1.29, 1.82) is 0 Å². The van der Waals surface area contributed by atoms with Crippen LogP contribution in [0.3, 0.4) is 0 Å². The average molecular weight is 455 g/mol. The first-order valence-electron chi connectivity index (χ1n) is 12.1. The molecule has 1 N–H and O–H groups in total. The molecule has 0 radical (unpaired) electrons. The van der Waals surface area contributed by atoms with Crippen LogP contribution in [0.25, 0.3) is 16.9 Å². The van der Waals surface area contributed by atoms with E-state index in [4.69, 9.17) is 4.98 Å². The van der Waals surface area contributed by atoms with Gasteiger partial charge < -0.3 is 10.2 Å². The van der Waals surface area contributed by atoms with E-state index in [2.05, 4.69) is 81.3 Å². The highest BCUT2D eigenvalue weighted by molar-refractivity contribution is 5.68. The van der Waals surface area contributed by atoms with Crippen LogP contribution in [0.2, 0.25) is 0 Å². The molecule has 34 heavy (non-hydrogen) atoms. The molecule has 6 rings (SSSR count). The maximum absolute atomic E-state index is 5.10. The van der Waals surface area contributed by atoms with Crippen LogP contribution >= 0.6 is 0 Å². The summed E-state index contributed by atoms with van der Waals surface area (Å²) in [7, 11) is 0. The molecule has 3 aromatic heterocycles. The van der Waals surface area contributed by atoms with E-state index in [1.165, 1.54) is 12.0 Å². The number of nitrogens with zero attached hydrogens (tertiary/aromatic N) is 7. The van der Waals surface area contributed by atoms with Gasteiger partial charge in [-0.1, -0.05) is 30.3 Å². The van der Waals surface area contributed by atoms with Gasteiger partial charge in [-0.15, -0.1) is 0 Å². The molecule has 2 aliphatic heterocycles. The molecule has 2 fully saturated rings. The highest BCUT2D eigenvalue weighted by atomic mass is 15.5. The van der Waals surface area contributed by atoms with Gasteiger partial charge in [-0.25, -0.2) is 15.0 Å². The van der Waals surface area contributed by atoms with E-state index in [0.29, 0.717) is 18.1 Å². The van der Waals surface area contributed by atoms with Crippen molar-refractivity contribution in [3.63, 3.8) is 0 Å². The van der Waals surface area contributed by atoms with Crippen molar-refractivity contribution < 1.29 is 0 Å². The van der Waals surface area contributed by atoms with Crippen LogP contribution < -0.4 is 10.2 Å². The number of fused-ring (bicyclic) bond motifs is 3. The van der Waals surface area contributed by atoms with Gasteiger partial charge in [0.25, 0.3) is 0 Å². The molecule has 8 heteroatoms. The molecular weight excluding hydrogens is 424 g/mol. The maximum atomic E-state index is 5.10. The van der Waals surface area contributed by atoms with Gasteiger partial charge in [0, 0.05) is 55.1 Å². The average Bonchev–Trinajstić information content (AvgIpc) is 3.60. The number of likely N-dealkylation sites (tertiary alicyclic amines) is 1. The van der Waals surface area contributed by atoms with E-state index in [0.717, 1.165) is 41.8 Å². The van der Waals surface area contributed by atoms with E-state index in [1.807, 2.05) is 28.9 Å². The van der Waals surface area contributed by atoms with Crippen LogP contribution in [0.4, 0.5) is 11.8 Å². The topological polar surface area (TPSA) is 74.5 Å². The summed E-state index contributed by atoms with van der Waals surface area (Å²) in [5, 5.41) is 8.01. The Morgan fingerprint density at radius 3 is 2.59 bits per heavy atom. The first kappa shape index (κ1) is 21.0. The smallest absolute Gasteiger partial charge is 0.229 e. The molecule has 0 saturated carbocycles. The zero-order valence-corrected chi connectivity index (χ0v) is 19.8. The monoisotopic (exact) mass is 454 g/mol. The minimum Gasteiger partial charge on any atom is -0.364 e. The molecule has 2 bridgehead atoms. The lowest BCUT2D eigenvalue weighted by atomic mass is 10.1. The molecule has 1 aromatic carbocycles. The van der Waals surface area contributed by atoms with Crippen molar-refractivity contribution in [2.45, 2.75) is 51.4 Å². The fraction of sp³-hybridized carbons (Fsp3) is 0.385. The Morgan fingerprint density at radius 1 is 0.971 bits per heavy atom. The van der Waals surface area contributed by atoms with Crippen molar-refractivity contribution in [1.82, 2.24) is 29.5 Å². The third kappa shape index (κ3) is 3.68. The molecule has 174 valence electrons. The lowest BCUT2D eigenvalue weighted by Crippen LogP contribution is -2.49. The number of aromatic nitrogens is 5. The molecule has 0 aliphatic carbocycles. The van der Waals surface area contributed by atoms with Gasteiger partial charge in [-0.2, -0.15) is 9.61 Å². The van der Waals surface area contributed by atoms with Gasteiger partial charge in [-0.05, 0) is 44.9 Å². The molecule has 4 aromatic rings. The fourth-order valence-electron chi connectivity index (χ4n) is 5.44. The highest BCUT2D eigenvalue weighted by Crippen LogP contribution is 2.36. The summed E-state index contributed by atoms with van der Waals surface area (Å²) in [6.07, 6.45) is 4.63. The molecule has 0 amide bonds. The summed E-state index contributed by atoms with van der Waals surface area (Å²) in [6, 6.07) is 18.2. The third-order valence-corrected chi connectivity index (χ3v) is 7.17. The quantitative estimate of drug-likeness (QED) is 0.471. The number of anilines is 2.